The molecule has 2 N–H and O–H groups in total. The van der Waals surface area contributed by atoms with Gasteiger partial charge >= 0.3 is 0 Å². The second kappa shape index (κ2) is 5.28. The maximum absolute atomic E-state index is 5.65. The highest BCUT2D eigenvalue weighted by molar-refractivity contribution is 4.80. The van der Waals surface area contributed by atoms with Crippen LogP contribution in [0.25, 0.3) is 0 Å². The summed E-state index contributed by atoms with van der Waals surface area (Å²) in [6.45, 7) is 6.00. The molecule has 1 heterocycles. The van der Waals surface area contributed by atoms with Crippen LogP contribution in [0.15, 0.2) is 0 Å². The van der Waals surface area contributed by atoms with Crippen molar-refractivity contribution in [2.24, 2.45) is 11.7 Å². The number of morpholine rings is 1. The smallest absolute Gasteiger partial charge is 0.0824 e. The minimum atomic E-state index is 0.266. The molecule has 0 aromatic rings. The lowest BCUT2D eigenvalue weighted by Gasteiger charge is -2.39. The van der Waals surface area contributed by atoms with Crippen molar-refractivity contribution in [2.75, 3.05) is 26.2 Å². The van der Waals surface area contributed by atoms with Crippen LogP contribution in [0.3, 0.4) is 0 Å². The molecule has 2 atom stereocenters. The molecule has 1 aliphatic heterocycles. The van der Waals surface area contributed by atoms with Gasteiger partial charge in [0.15, 0.2) is 0 Å². The minimum absolute atomic E-state index is 0.266. The summed E-state index contributed by atoms with van der Waals surface area (Å²) in [5.74, 6) is 0.999. The van der Waals surface area contributed by atoms with Crippen LogP contribution in [0.1, 0.15) is 32.6 Å². The normalized spacial score (nSPS) is 31.2. The van der Waals surface area contributed by atoms with E-state index in [0.29, 0.717) is 12.6 Å². The van der Waals surface area contributed by atoms with E-state index in [9.17, 15) is 0 Å². The topological polar surface area (TPSA) is 38.5 Å². The van der Waals surface area contributed by atoms with Gasteiger partial charge < -0.3 is 10.5 Å². The van der Waals surface area contributed by atoms with E-state index in [4.69, 9.17) is 10.5 Å². The average molecular weight is 212 g/mol. The lowest BCUT2D eigenvalue weighted by Crippen LogP contribution is -2.49. The second-order valence-corrected chi connectivity index (χ2v) is 5.11. The minimum Gasteiger partial charge on any atom is -0.374 e. The quantitative estimate of drug-likeness (QED) is 0.761. The zero-order chi connectivity index (χ0) is 10.7. The highest BCUT2D eigenvalue weighted by Crippen LogP contribution is 2.31. The van der Waals surface area contributed by atoms with Crippen LogP contribution in [0.4, 0.5) is 0 Å². The van der Waals surface area contributed by atoms with Gasteiger partial charge in [0.2, 0.25) is 0 Å². The fourth-order valence-electron chi connectivity index (χ4n) is 2.65. The molecule has 3 nitrogen and oxygen atoms in total. The Bertz CT molecular complexity index is 194. The van der Waals surface area contributed by atoms with Crippen molar-refractivity contribution < 1.29 is 4.74 Å². The molecule has 1 saturated carbocycles. The molecule has 0 amide bonds. The summed E-state index contributed by atoms with van der Waals surface area (Å²) in [5.41, 5.74) is 5.65. The van der Waals surface area contributed by atoms with Crippen molar-refractivity contribution in [1.29, 1.82) is 0 Å². The van der Waals surface area contributed by atoms with Crippen LogP contribution < -0.4 is 5.73 Å². The number of nitrogens with zero attached hydrogens (tertiary/aromatic N) is 1. The first kappa shape index (κ1) is 11.4. The monoisotopic (exact) mass is 212 g/mol. The maximum atomic E-state index is 5.65. The van der Waals surface area contributed by atoms with Gasteiger partial charge in [-0.3, -0.25) is 4.90 Å². The third-order valence-corrected chi connectivity index (χ3v) is 3.96. The van der Waals surface area contributed by atoms with Gasteiger partial charge in [0.25, 0.3) is 0 Å². The Labute approximate surface area is 93.0 Å². The van der Waals surface area contributed by atoms with Gasteiger partial charge in [0, 0.05) is 25.7 Å². The lowest BCUT2D eigenvalue weighted by molar-refractivity contribution is -0.0403. The van der Waals surface area contributed by atoms with E-state index in [1.165, 1.54) is 25.7 Å². The summed E-state index contributed by atoms with van der Waals surface area (Å²) in [7, 11) is 0. The van der Waals surface area contributed by atoms with E-state index >= 15 is 0 Å². The molecule has 2 rings (SSSR count). The molecule has 2 aliphatic rings. The summed E-state index contributed by atoms with van der Waals surface area (Å²) < 4.78 is 5.59. The van der Waals surface area contributed by atoms with Gasteiger partial charge in [0.1, 0.15) is 0 Å². The Morgan fingerprint density at radius 3 is 2.87 bits per heavy atom. The molecule has 2 unspecified atom stereocenters. The average Bonchev–Trinajstić information content (AvgIpc) is 2.23. The molecule has 0 bridgehead atoms. The molecule has 0 radical (unpaired) electrons. The molecule has 1 saturated heterocycles. The van der Waals surface area contributed by atoms with E-state index in [1.54, 1.807) is 0 Å². The molecule has 3 heteroatoms. The highest BCUT2D eigenvalue weighted by Gasteiger charge is 2.26. The van der Waals surface area contributed by atoms with Crippen molar-refractivity contribution in [3.63, 3.8) is 0 Å². The van der Waals surface area contributed by atoms with Crippen LogP contribution in [0.2, 0.25) is 0 Å². The van der Waals surface area contributed by atoms with E-state index in [-0.39, 0.29) is 6.10 Å². The van der Waals surface area contributed by atoms with Gasteiger partial charge in [-0.1, -0.05) is 19.3 Å². The van der Waals surface area contributed by atoms with Gasteiger partial charge in [-0.25, -0.2) is 0 Å². The summed E-state index contributed by atoms with van der Waals surface area (Å²) in [4.78, 5) is 2.55. The SMILES string of the molecule is CC(CC1CCC1)N1CCOC(CN)C1. The fraction of sp³-hybridized carbons (Fsp3) is 1.00. The van der Waals surface area contributed by atoms with Crippen LogP contribution in [-0.4, -0.2) is 43.3 Å². The van der Waals surface area contributed by atoms with Crippen LogP contribution in [-0.2, 0) is 4.74 Å². The van der Waals surface area contributed by atoms with Gasteiger partial charge in [0.05, 0.1) is 12.7 Å². The predicted octanol–water partition coefficient (Wildman–Crippen LogP) is 1.22. The summed E-state index contributed by atoms with van der Waals surface area (Å²) >= 11 is 0. The largest absolute Gasteiger partial charge is 0.374 e. The van der Waals surface area contributed by atoms with Gasteiger partial charge in [-0.05, 0) is 19.3 Å². The predicted molar refractivity (Wildman–Crippen MR) is 61.8 cm³/mol. The van der Waals surface area contributed by atoms with E-state index in [2.05, 4.69) is 11.8 Å². The first-order chi connectivity index (χ1) is 7.29. The van der Waals surface area contributed by atoms with Crippen molar-refractivity contribution in [1.82, 2.24) is 4.90 Å². The highest BCUT2D eigenvalue weighted by atomic mass is 16.5. The Kier molecular flexibility index (Phi) is 4.00. The van der Waals surface area contributed by atoms with Gasteiger partial charge in [-0.2, -0.15) is 0 Å². The summed E-state index contributed by atoms with van der Waals surface area (Å²) in [6, 6.07) is 0.716. The summed E-state index contributed by atoms with van der Waals surface area (Å²) in [5, 5.41) is 0. The number of nitrogens with two attached hydrogens (primary N) is 1. The van der Waals surface area contributed by atoms with Crippen LogP contribution >= 0.6 is 0 Å². The van der Waals surface area contributed by atoms with E-state index < -0.39 is 0 Å². The third kappa shape index (κ3) is 2.92. The molecule has 0 aromatic carbocycles. The standard InChI is InChI=1S/C12H24N2O/c1-10(7-11-3-2-4-11)14-5-6-15-12(8-13)9-14/h10-12H,2-9,13H2,1H3. The van der Waals surface area contributed by atoms with Crippen LogP contribution in [0, 0.1) is 5.92 Å². The zero-order valence-electron chi connectivity index (χ0n) is 9.82. The Morgan fingerprint density at radius 2 is 2.27 bits per heavy atom. The number of ether oxygens (including phenoxy) is 1. The second-order valence-electron chi connectivity index (χ2n) is 5.11. The van der Waals surface area contributed by atoms with Crippen molar-refractivity contribution in [2.45, 2.75) is 44.8 Å². The molecule has 2 fully saturated rings. The molecule has 1 aliphatic carbocycles. The number of rotatable bonds is 4. The van der Waals surface area contributed by atoms with Crippen LogP contribution in [0.5, 0.6) is 0 Å². The number of hydrogen-bond acceptors (Lipinski definition) is 3. The fourth-order valence-corrected chi connectivity index (χ4v) is 2.65. The Hall–Kier alpha value is -0.120. The van der Waals surface area contributed by atoms with Crippen molar-refractivity contribution in [3.8, 4) is 0 Å². The first-order valence-electron chi connectivity index (χ1n) is 6.35. The van der Waals surface area contributed by atoms with Gasteiger partial charge in [-0.15, -0.1) is 0 Å². The molecular weight excluding hydrogens is 188 g/mol. The molecule has 0 spiro atoms. The maximum Gasteiger partial charge on any atom is 0.0824 e. The first-order valence-corrected chi connectivity index (χ1v) is 6.35. The van der Waals surface area contributed by atoms with E-state index in [0.717, 1.165) is 25.6 Å². The van der Waals surface area contributed by atoms with E-state index in [1.807, 2.05) is 0 Å². The lowest BCUT2D eigenvalue weighted by atomic mass is 9.81. The Balaban J connectivity index is 1.75. The molecule has 0 aromatic heterocycles. The third-order valence-electron chi connectivity index (χ3n) is 3.96. The van der Waals surface area contributed by atoms with Crippen molar-refractivity contribution in [3.05, 3.63) is 0 Å². The summed E-state index contributed by atoms with van der Waals surface area (Å²) in [6.07, 6.45) is 6.00. The van der Waals surface area contributed by atoms with Crippen molar-refractivity contribution >= 4 is 0 Å². The molecular formula is C12H24N2O. The Morgan fingerprint density at radius 1 is 1.47 bits per heavy atom. The number of hydrogen-bond donors (Lipinski definition) is 1. The molecule has 15 heavy (non-hydrogen) atoms. The zero-order valence-corrected chi connectivity index (χ0v) is 9.82. The molecule has 88 valence electrons.